The second kappa shape index (κ2) is 10.2. The molecular formula is C21H32N2O6. The van der Waals surface area contributed by atoms with E-state index in [1.54, 1.807) is 24.3 Å². The summed E-state index contributed by atoms with van der Waals surface area (Å²) in [6.45, 7) is 6.24. The summed E-state index contributed by atoms with van der Waals surface area (Å²) in [4.78, 5) is 12.5. The van der Waals surface area contributed by atoms with Gasteiger partial charge in [-0.1, -0.05) is 26.0 Å². The van der Waals surface area contributed by atoms with Crippen LogP contribution in [-0.2, 0) is 20.6 Å². The van der Waals surface area contributed by atoms with Crippen molar-refractivity contribution in [2.75, 3.05) is 26.3 Å². The van der Waals surface area contributed by atoms with Gasteiger partial charge in [-0.3, -0.25) is 0 Å². The fourth-order valence-corrected chi connectivity index (χ4v) is 3.70. The van der Waals surface area contributed by atoms with Crippen LogP contribution in [0.2, 0.25) is 0 Å². The van der Waals surface area contributed by atoms with E-state index in [4.69, 9.17) is 14.2 Å². The summed E-state index contributed by atoms with van der Waals surface area (Å²) in [5, 5.41) is 26.2. The van der Waals surface area contributed by atoms with E-state index in [1.165, 1.54) is 0 Å². The minimum absolute atomic E-state index is 0.0638. The lowest BCUT2D eigenvalue weighted by Gasteiger charge is -2.26. The van der Waals surface area contributed by atoms with Gasteiger partial charge in [-0.05, 0) is 43.0 Å². The van der Waals surface area contributed by atoms with Crippen molar-refractivity contribution in [2.45, 2.75) is 51.2 Å². The van der Waals surface area contributed by atoms with E-state index in [0.717, 1.165) is 18.5 Å². The van der Waals surface area contributed by atoms with Gasteiger partial charge in [0.1, 0.15) is 11.9 Å². The molecule has 0 spiro atoms. The Kier molecular flexibility index (Phi) is 7.71. The smallest absolute Gasteiger partial charge is 0.407 e. The fraction of sp³-hybridized carbons (Fsp3) is 0.667. The van der Waals surface area contributed by atoms with Gasteiger partial charge in [0, 0.05) is 6.54 Å². The van der Waals surface area contributed by atoms with Gasteiger partial charge in [0.25, 0.3) is 0 Å². The molecule has 29 heavy (non-hydrogen) atoms. The number of phenolic OH excluding ortho intramolecular Hbond substituents is 1. The molecule has 4 N–H and O–H groups in total. The van der Waals surface area contributed by atoms with Crippen molar-refractivity contribution in [1.82, 2.24) is 10.6 Å². The van der Waals surface area contributed by atoms with E-state index in [2.05, 4.69) is 24.5 Å². The maximum Gasteiger partial charge on any atom is 0.407 e. The number of phenols is 1. The zero-order valence-electron chi connectivity index (χ0n) is 17.0. The molecule has 0 bridgehead atoms. The number of rotatable bonds is 9. The van der Waals surface area contributed by atoms with Crippen LogP contribution in [-0.4, -0.2) is 67.1 Å². The minimum atomic E-state index is -0.794. The van der Waals surface area contributed by atoms with Gasteiger partial charge in [-0.2, -0.15) is 0 Å². The highest BCUT2D eigenvalue weighted by Crippen LogP contribution is 2.33. The number of aliphatic hydroxyl groups is 1. The number of aliphatic hydroxyl groups excluding tert-OH is 1. The molecule has 0 radical (unpaired) electrons. The van der Waals surface area contributed by atoms with Crippen molar-refractivity contribution in [3.05, 3.63) is 29.8 Å². The van der Waals surface area contributed by atoms with Gasteiger partial charge < -0.3 is 35.1 Å². The number of carbonyl (C=O) groups is 1. The Bertz CT molecular complexity index is 653. The number of nitrogens with one attached hydrogen (secondary N) is 2. The maximum atomic E-state index is 12.5. The molecule has 0 unspecified atom stereocenters. The number of amides is 1. The first-order valence-electron chi connectivity index (χ1n) is 10.3. The third-order valence-electron chi connectivity index (χ3n) is 5.31. The predicted molar refractivity (Wildman–Crippen MR) is 107 cm³/mol. The standard InChI is InChI=1S/C21H32N2O6/c1-13(2)10-22-11-18(25)17(9-14-3-5-15(24)6-4-14)23-21(26)29-19-12-28-20-16(19)7-8-27-20/h3-6,13,16-20,22,24-25H,7-12H2,1-2H3,(H,23,26)/t16-,17-,18+,19-,20+/m0/s1. The Morgan fingerprint density at radius 1 is 1.24 bits per heavy atom. The molecule has 1 amide bonds. The highest BCUT2D eigenvalue weighted by atomic mass is 16.7. The van der Waals surface area contributed by atoms with E-state index in [0.29, 0.717) is 32.1 Å². The van der Waals surface area contributed by atoms with Gasteiger partial charge in [0.2, 0.25) is 0 Å². The summed E-state index contributed by atoms with van der Waals surface area (Å²) in [6, 6.07) is 6.18. The maximum absolute atomic E-state index is 12.5. The minimum Gasteiger partial charge on any atom is -0.508 e. The van der Waals surface area contributed by atoms with Crippen molar-refractivity contribution in [3.8, 4) is 5.75 Å². The van der Waals surface area contributed by atoms with Gasteiger partial charge >= 0.3 is 6.09 Å². The number of ether oxygens (including phenoxy) is 3. The number of benzene rings is 1. The summed E-state index contributed by atoms with van der Waals surface area (Å²) in [5.74, 6) is 0.694. The van der Waals surface area contributed by atoms with Crippen LogP contribution in [0.25, 0.3) is 0 Å². The molecule has 3 rings (SSSR count). The van der Waals surface area contributed by atoms with Crippen LogP contribution in [0, 0.1) is 11.8 Å². The summed E-state index contributed by atoms with van der Waals surface area (Å²) in [6.07, 6.45) is -0.771. The van der Waals surface area contributed by atoms with Gasteiger partial charge in [-0.25, -0.2) is 4.79 Å². The molecule has 8 heteroatoms. The van der Waals surface area contributed by atoms with Crippen LogP contribution in [0.1, 0.15) is 25.8 Å². The van der Waals surface area contributed by atoms with E-state index in [9.17, 15) is 15.0 Å². The molecule has 8 nitrogen and oxygen atoms in total. The monoisotopic (exact) mass is 408 g/mol. The molecule has 1 aromatic carbocycles. The molecule has 2 saturated heterocycles. The van der Waals surface area contributed by atoms with Crippen LogP contribution >= 0.6 is 0 Å². The number of aromatic hydroxyl groups is 1. The third-order valence-corrected chi connectivity index (χ3v) is 5.31. The quantitative estimate of drug-likeness (QED) is 0.489. The number of hydrogen-bond acceptors (Lipinski definition) is 7. The van der Waals surface area contributed by atoms with Crippen molar-refractivity contribution in [3.63, 3.8) is 0 Å². The first-order chi connectivity index (χ1) is 13.9. The zero-order chi connectivity index (χ0) is 20.8. The lowest BCUT2D eigenvalue weighted by atomic mass is 10.0. The van der Waals surface area contributed by atoms with Crippen molar-refractivity contribution >= 4 is 6.09 Å². The van der Waals surface area contributed by atoms with Crippen LogP contribution in [0.4, 0.5) is 4.79 Å². The second-order valence-electron chi connectivity index (χ2n) is 8.21. The topological polar surface area (TPSA) is 109 Å². The average Bonchev–Trinajstić information content (AvgIpc) is 3.28. The summed E-state index contributed by atoms with van der Waals surface area (Å²) in [5.41, 5.74) is 0.893. The molecular weight excluding hydrogens is 376 g/mol. The Morgan fingerprint density at radius 3 is 2.72 bits per heavy atom. The molecule has 2 heterocycles. The van der Waals surface area contributed by atoms with Crippen molar-refractivity contribution in [2.24, 2.45) is 11.8 Å². The molecule has 2 fully saturated rings. The average molecular weight is 408 g/mol. The Labute approximate surface area is 171 Å². The predicted octanol–water partition coefficient (Wildman–Crippen LogP) is 1.40. The van der Waals surface area contributed by atoms with Crippen LogP contribution in [0.3, 0.4) is 0 Å². The molecule has 5 atom stereocenters. The molecule has 2 aliphatic rings. The largest absolute Gasteiger partial charge is 0.508 e. The molecule has 0 aromatic heterocycles. The van der Waals surface area contributed by atoms with Gasteiger partial charge in [-0.15, -0.1) is 0 Å². The van der Waals surface area contributed by atoms with Gasteiger partial charge in [0.15, 0.2) is 6.29 Å². The van der Waals surface area contributed by atoms with Gasteiger partial charge in [0.05, 0.1) is 31.3 Å². The number of hydrogen-bond donors (Lipinski definition) is 4. The first kappa shape index (κ1) is 21.8. The Morgan fingerprint density at radius 2 is 2.00 bits per heavy atom. The first-order valence-corrected chi connectivity index (χ1v) is 10.3. The van der Waals surface area contributed by atoms with E-state index >= 15 is 0 Å². The molecule has 0 saturated carbocycles. The van der Waals surface area contributed by atoms with Crippen LogP contribution < -0.4 is 10.6 Å². The summed E-state index contributed by atoms with van der Waals surface area (Å²) >= 11 is 0. The molecule has 0 aliphatic carbocycles. The summed E-state index contributed by atoms with van der Waals surface area (Å²) < 4.78 is 16.6. The summed E-state index contributed by atoms with van der Waals surface area (Å²) in [7, 11) is 0. The number of alkyl carbamates (subject to hydrolysis) is 1. The lowest BCUT2D eigenvalue weighted by molar-refractivity contribution is -0.0907. The Balaban J connectivity index is 1.58. The molecule has 1 aromatic rings. The molecule has 2 aliphatic heterocycles. The van der Waals surface area contributed by atoms with E-state index < -0.39 is 18.2 Å². The van der Waals surface area contributed by atoms with Crippen molar-refractivity contribution < 1.29 is 29.2 Å². The van der Waals surface area contributed by atoms with Crippen LogP contribution in [0.15, 0.2) is 24.3 Å². The normalized spacial score (nSPS) is 25.6. The van der Waals surface area contributed by atoms with Crippen molar-refractivity contribution in [1.29, 1.82) is 0 Å². The molecule has 162 valence electrons. The lowest BCUT2D eigenvalue weighted by Crippen LogP contribution is -2.50. The second-order valence-corrected chi connectivity index (χ2v) is 8.21. The third kappa shape index (κ3) is 6.30. The number of carbonyl (C=O) groups excluding carboxylic acids is 1. The van der Waals surface area contributed by atoms with E-state index in [1.807, 2.05) is 0 Å². The highest BCUT2D eigenvalue weighted by Gasteiger charge is 2.44. The fourth-order valence-electron chi connectivity index (χ4n) is 3.70. The van der Waals surface area contributed by atoms with Crippen LogP contribution in [0.5, 0.6) is 5.75 Å². The zero-order valence-corrected chi connectivity index (χ0v) is 17.0. The Hall–Kier alpha value is -1.87. The van der Waals surface area contributed by atoms with E-state index in [-0.39, 0.29) is 24.1 Å². The number of fused-ring (bicyclic) bond motifs is 1. The highest BCUT2D eigenvalue weighted by molar-refractivity contribution is 5.68. The SMILES string of the molecule is CC(C)CNC[C@@H](O)[C@H](Cc1ccc(O)cc1)NC(=O)O[C@H]1CO[C@H]2OCC[C@H]21.